The fraction of sp³-hybridized carbons (Fsp3) is 0.300. The van der Waals surface area contributed by atoms with Crippen LogP contribution in [-0.4, -0.2) is 15.0 Å². The van der Waals surface area contributed by atoms with Crippen molar-refractivity contribution in [2.75, 3.05) is 0 Å². The van der Waals surface area contributed by atoms with E-state index in [4.69, 9.17) is 4.74 Å². The van der Waals surface area contributed by atoms with E-state index in [0.717, 1.165) is 42.5 Å². The first-order valence-electron chi connectivity index (χ1n) is 8.76. The van der Waals surface area contributed by atoms with E-state index in [9.17, 15) is 4.39 Å². The molecular formula is C20H20FN4O+. The predicted molar refractivity (Wildman–Crippen MR) is 93.8 cm³/mol. The van der Waals surface area contributed by atoms with Crippen LogP contribution in [0, 0.1) is 5.82 Å². The van der Waals surface area contributed by atoms with Gasteiger partial charge in [-0.2, -0.15) is 0 Å². The molecule has 0 bridgehead atoms. The van der Waals surface area contributed by atoms with Gasteiger partial charge in [0.05, 0.1) is 12.6 Å². The van der Waals surface area contributed by atoms with E-state index in [2.05, 4.69) is 15.0 Å². The minimum Gasteiger partial charge on any atom is -0.471 e. The third kappa shape index (κ3) is 3.40. The molecule has 0 fully saturated rings. The highest BCUT2D eigenvalue weighted by atomic mass is 19.1. The molecule has 0 saturated carbocycles. The van der Waals surface area contributed by atoms with Gasteiger partial charge >= 0.3 is 0 Å². The number of aryl methyl sites for hydroxylation is 2. The smallest absolute Gasteiger partial charge is 0.285 e. The van der Waals surface area contributed by atoms with Crippen molar-refractivity contribution in [3.05, 3.63) is 65.9 Å². The number of aromatic nitrogens is 4. The Morgan fingerprint density at radius 3 is 3.00 bits per heavy atom. The van der Waals surface area contributed by atoms with Crippen LogP contribution in [0.15, 0.2) is 43.1 Å². The molecule has 6 heteroatoms. The number of pyridine rings is 2. The predicted octanol–water partition coefficient (Wildman–Crippen LogP) is 2.96. The van der Waals surface area contributed by atoms with Crippen molar-refractivity contribution in [1.29, 1.82) is 0 Å². The molecule has 0 spiro atoms. The van der Waals surface area contributed by atoms with Crippen molar-refractivity contribution in [2.24, 2.45) is 7.05 Å². The third-order valence-electron chi connectivity index (χ3n) is 4.58. The molecule has 0 aromatic carbocycles. The lowest BCUT2D eigenvalue weighted by Crippen LogP contribution is -2.27. The Bertz CT molecular complexity index is 945. The summed E-state index contributed by atoms with van der Waals surface area (Å²) in [5.41, 5.74) is 4.73. The van der Waals surface area contributed by atoms with Gasteiger partial charge in [0.2, 0.25) is 5.88 Å². The molecule has 0 atom stereocenters. The summed E-state index contributed by atoms with van der Waals surface area (Å²) in [5, 5.41) is 0. The molecule has 26 heavy (non-hydrogen) atoms. The maximum atomic E-state index is 13.8. The molecule has 0 radical (unpaired) electrons. The lowest BCUT2D eigenvalue weighted by molar-refractivity contribution is -0.674. The van der Waals surface area contributed by atoms with Crippen molar-refractivity contribution in [1.82, 2.24) is 15.0 Å². The molecule has 0 aliphatic heterocycles. The van der Waals surface area contributed by atoms with Crippen LogP contribution < -0.4 is 9.30 Å². The molecule has 132 valence electrons. The van der Waals surface area contributed by atoms with Crippen LogP contribution in [-0.2, 0) is 26.5 Å². The fourth-order valence-electron chi connectivity index (χ4n) is 3.32. The lowest BCUT2D eigenvalue weighted by Gasteiger charge is -2.19. The average molecular weight is 351 g/mol. The van der Waals surface area contributed by atoms with Crippen molar-refractivity contribution in [2.45, 2.75) is 32.3 Å². The van der Waals surface area contributed by atoms with Gasteiger partial charge in [-0.1, -0.05) is 4.98 Å². The van der Waals surface area contributed by atoms with E-state index in [1.54, 1.807) is 18.6 Å². The highest BCUT2D eigenvalue weighted by molar-refractivity contribution is 5.67. The van der Waals surface area contributed by atoms with Gasteiger partial charge in [0, 0.05) is 18.0 Å². The summed E-state index contributed by atoms with van der Waals surface area (Å²) >= 11 is 0. The van der Waals surface area contributed by atoms with Crippen LogP contribution in [0.3, 0.4) is 0 Å². The number of fused-ring (bicyclic) bond motifs is 1. The molecule has 5 nitrogen and oxygen atoms in total. The molecular weight excluding hydrogens is 331 g/mol. The highest BCUT2D eigenvalue weighted by Crippen LogP contribution is 2.32. The number of hydrogen-bond donors (Lipinski definition) is 0. The van der Waals surface area contributed by atoms with Crippen molar-refractivity contribution in [3.63, 3.8) is 0 Å². The zero-order chi connectivity index (χ0) is 17.9. The van der Waals surface area contributed by atoms with Gasteiger partial charge in [0.15, 0.2) is 6.20 Å². The highest BCUT2D eigenvalue weighted by Gasteiger charge is 2.20. The van der Waals surface area contributed by atoms with Crippen LogP contribution in [0.25, 0.3) is 11.1 Å². The Labute approximate surface area is 151 Å². The normalized spacial score (nSPS) is 13.3. The maximum absolute atomic E-state index is 13.8. The Morgan fingerprint density at radius 1 is 1.27 bits per heavy atom. The summed E-state index contributed by atoms with van der Waals surface area (Å²) in [5.74, 6) is 0.127. The minimum atomic E-state index is -0.370. The third-order valence-corrected chi connectivity index (χ3v) is 4.58. The number of halogens is 1. The van der Waals surface area contributed by atoms with Crippen molar-refractivity contribution < 1.29 is 13.7 Å². The van der Waals surface area contributed by atoms with Crippen LogP contribution in [0.1, 0.15) is 29.8 Å². The van der Waals surface area contributed by atoms with Crippen LogP contribution in [0.5, 0.6) is 5.88 Å². The number of nitrogens with zero attached hydrogens (tertiary/aromatic N) is 4. The van der Waals surface area contributed by atoms with E-state index in [1.165, 1.54) is 11.6 Å². The summed E-state index contributed by atoms with van der Waals surface area (Å²) in [7, 11) is 1.95. The second-order valence-corrected chi connectivity index (χ2v) is 6.50. The number of ether oxygens (including phenoxy) is 1. The van der Waals surface area contributed by atoms with Crippen molar-refractivity contribution >= 4 is 0 Å². The SMILES string of the molecule is C[n+]1cncc(-c2cc(OCc3ncccc3F)nc3c2CCCC3)c1. The van der Waals surface area contributed by atoms with E-state index >= 15 is 0 Å². The molecule has 3 heterocycles. The molecule has 0 amide bonds. The molecule has 0 N–H and O–H groups in total. The monoisotopic (exact) mass is 351 g/mol. The van der Waals surface area contributed by atoms with Gasteiger partial charge in [0.1, 0.15) is 24.3 Å². The van der Waals surface area contributed by atoms with Gasteiger partial charge in [-0.3, -0.25) is 4.98 Å². The van der Waals surface area contributed by atoms with Gasteiger partial charge in [-0.05, 0) is 48.9 Å². The van der Waals surface area contributed by atoms with Crippen LogP contribution in [0.2, 0.25) is 0 Å². The Balaban J connectivity index is 1.70. The number of rotatable bonds is 4. The zero-order valence-electron chi connectivity index (χ0n) is 14.7. The molecule has 4 rings (SSSR count). The maximum Gasteiger partial charge on any atom is 0.285 e. The molecule has 1 aliphatic carbocycles. The minimum absolute atomic E-state index is 0.0543. The van der Waals surface area contributed by atoms with E-state index in [-0.39, 0.29) is 18.1 Å². The van der Waals surface area contributed by atoms with E-state index < -0.39 is 0 Å². The second kappa shape index (κ2) is 7.15. The largest absolute Gasteiger partial charge is 0.471 e. The van der Waals surface area contributed by atoms with Gasteiger partial charge in [0.25, 0.3) is 6.33 Å². The first-order chi connectivity index (χ1) is 12.7. The zero-order valence-corrected chi connectivity index (χ0v) is 14.7. The summed E-state index contributed by atoms with van der Waals surface area (Å²) in [6.07, 6.45) is 11.4. The Hall–Kier alpha value is -2.89. The van der Waals surface area contributed by atoms with E-state index in [1.807, 2.05) is 30.1 Å². The topological polar surface area (TPSA) is 51.8 Å². The lowest BCUT2D eigenvalue weighted by atomic mass is 9.90. The van der Waals surface area contributed by atoms with Crippen LogP contribution >= 0.6 is 0 Å². The van der Waals surface area contributed by atoms with E-state index in [0.29, 0.717) is 5.88 Å². The quantitative estimate of drug-likeness (QED) is 0.678. The Morgan fingerprint density at radius 2 is 2.15 bits per heavy atom. The Kier molecular flexibility index (Phi) is 4.56. The molecule has 0 unspecified atom stereocenters. The summed E-state index contributed by atoms with van der Waals surface area (Å²) < 4.78 is 21.5. The first kappa shape index (κ1) is 16.6. The summed E-state index contributed by atoms with van der Waals surface area (Å²) in [4.78, 5) is 13.0. The molecule has 1 aliphatic rings. The second-order valence-electron chi connectivity index (χ2n) is 6.50. The van der Waals surface area contributed by atoms with Crippen LogP contribution in [0.4, 0.5) is 4.39 Å². The van der Waals surface area contributed by atoms with Gasteiger partial charge < -0.3 is 4.74 Å². The average Bonchev–Trinajstić information content (AvgIpc) is 2.67. The van der Waals surface area contributed by atoms with Crippen molar-refractivity contribution in [3.8, 4) is 17.0 Å². The fourth-order valence-corrected chi connectivity index (χ4v) is 3.32. The summed E-state index contributed by atoms with van der Waals surface area (Å²) in [6, 6.07) is 4.88. The van der Waals surface area contributed by atoms with Gasteiger partial charge in [-0.25, -0.2) is 13.9 Å². The molecule has 3 aromatic heterocycles. The number of hydrogen-bond acceptors (Lipinski definition) is 4. The molecule has 0 saturated heterocycles. The van der Waals surface area contributed by atoms with Gasteiger partial charge in [-0.15, -0.1) is 0 Å². The molecule has 3 aromatic rings. The standard InChI is InChI=1S/C20H20FN4O/c1-25-11-14(10-22-13-25)16-9-20(24-18-7-3-2-5-15(16)18)26-12-19-17(21)6-4-8-23-19/h4,6,8-11,13H,2-3,5,7,12H2,1H3/q+1. The first-order valence-corrected chi connectivity index (χ1v) is 8.76. The summed E-state index contributed by atoms with van der Waals surface area (Å²) in [6.45, 7) is 0.0543.